The summed E-state index contributed by atoms with van der Waals surface area (Å²) in [5.41, 5.74) is 4.25. The van der Waals surface area contributed by atoms with Crippen LogP contribution in [0.2, 0.25) is 0 Å². The molecule has 202 valence electrons. The van der Waals surface area contributed by atoms with E-state index in [9.17, 15) is 4.79 Å². The quantitative estimate of drug-likeness (QED) is 0.227. The zero-order chi connectivity index (χ0) is 26.7. The third-order valence-corrected chi connectivity index (χ3v) is 7.85. The molecule has 0 radical (unpaired) electrons. The number of ether oxygens (including phenoxy) is 2. The van der Waals surface area contributed by atoms with Gasteiger partial charge >= 0.3 is 0 Å². The van der Waals surface area contributed by atoms with Crippen LogP contribution < -0.4 is 9.64 Å². The molecule has 0 atom stereocenters. The number of hydrogen-bond donors (Lipinski definition) is 0. The summed E-state index contributed by atoms with van der Waals surface area (Å²) in [7, 11) is 3.07. The maximum atomic E-state index is 13.9. The van der Waals surface area contributed by atoms with Crippen molar-refractivity contribution in [3.8, 4) is 11.4 Å². The van der Waals surface area contributed by atoms with Gasteiger partial charge in [-0.1, -0.05) is 26.0 Å². The van der Waals surface area contributed by atoms with Crippen LogP contribution in [0.1, 0.15) is 35.5 Å². The fourth-order valence-electron chi connectivity index (χ4n) is 5.12. The van der Waals surface area contributed by atoms with E-state index in [1.807, 2.05) is 29.2 Å². The van der Waals surface area contributed by atoms with Gasteiger partial charge in [0, 0.05) is 42.8 Å². The lowest BCUT2D eigenvalue weighted by atomic mass is 9.84. The number of amides is 1. The molecule has 0 spiro atoms. The van der Waals surface area contributed by atoms with Gasteiger partial charge < -0.3 is 14.4 Å². The highest BCUT2D eigenvalue weighted by Crippen LogP contribution is 2.34. The molecule has 3 aromatic rings. The summed E-state index contributed by atoms with van der Waals surface area (Å²) in [5.74, 6) is 0.635. The molecule has 2 aliphatic heterocycles. The highest BCUT2D eigenvalue weighted by Gasteiger charge is 2.34. The number of carbonyl (C=O) groups excluding carboxylic acids is 1. The van der Waals surface area contributed by atoms with Gasteiger partial charge in [-0.15, -0.1) is 0 Å². The first kappa shape index (κ1) is 26.7. The fourth-order valence-corrected chi connectivity index (χ4v) is 5.67. The Morgan fingerprint density at radius 1 is 0.974 bits per heavy atom. The molecule has 9 nitrogen and oxygen atoms in total. The van der Waals surface area contributed by atoms with Crippen molar-refractivity contribution in [2.45, 2.75) is 30.7 Å². The lowest BCUT2D eigenvalue weighted by molar-refractivity contribution is -0.160. The molecular formula is C28H34N4O5S. The standard InChI is InChI=1S/C28H34N4O5S/c1-28(2,19-30-15-17-36-18-16-30)20-5-7-21(8-6-20)31-14-13-24-25(27(31)33)32(29-26(24)38-37-35-4)22-9-11-23(34-3)12-10-22/h5-12H,13-19H2,1-4H3. The second-order valence-electron chi connectivity index (χ2n) is 10.1. The van der Waals surface area contributed by atoms with E-state index in [4.69, 9.17) is 23.8 Å². The monoisotopic (exact) mass is 538 g/mol. The third-order valence-electron chi connectivity index (χ3n) is 7.16. The molecule has 10 heteroatoms. The van der Waals surface area contributed by atoms with Gasteiger partial charge in [-0.25, -0.2) is 9.57 Å². The number of nitrogens with zero attached hydrogens (tertiary/aromatic N) is 4. The van der Waals surface area contributed by atoms with Crippen molar-refractivity contribution >= 4 is 23.6 Å². The molecule has 0 saturated carbocycles. The molecule has 0 unspecified atom stereocenters. The van der Waals surface area contributed by atoms with Crippen molar-refractivity contribution in [1.82, 2.24) is 14.7 Å². The van der Waals surface area contributed by atoms with Crippen LogP contribution in [0.4, 0.5) is 5.69 Å². The Morgan fingerprint density at radius 3 is 2.32 bits per heavy atom. The molecule has 1 aromatic heterocycles. The Hall–Kier alpha value is -2.89. The van der Waals surface area contributed by atoms with Crippen molar-refractivity contribution in [2.24, 2.45) is 0 Å². The number of fused-ring (bicyclic) bond motifs is 1. The van der Waals surface area contributed by atoms with Gasteiger partial charge in [0.25, 0.3) is 5.91 Å². The fraction of sp³-hybridized carbons (Fsp3) is 0.429. The van der Waals surface area contributed by atoms with Crippen molar-refractivity contribution in [3.05, 3.63) is 65.4 Å². The molecule has 2 aromatic carbocycles. The topological polar surface area (TPSA) is 78.3 Å². The maximum Gasteiger partial charge on any atom is 0.277 e. The summed E-state index contributed by atoms with van der Waals surface area (Å²) in [6.45, 7) is 9.56. The number of rotatable bonds is 9. The van der Waals surface area contributed by atoms with E-state index >= 15 is 0 Å². The molecule has 3 heterocycles. The largest absolute Gasteiger partial charge is 0.497 e. The summed E-state index contributed by atoms with van der Waals surface area (Å²) in [6.07, 6.45) is 0.650. The minimum Gasteiger partial charge on any atom is -0.497 e. The minimum absolute atomic E-state index is 0.0184. The van der Waals surface area contributed by atoms with Gasteiger partial charge in [0.2, 0.25) is 0 Å². The summed E-state index contributed by atoms with van der Waals surface area (Å²) in [6, 6.07) is 15.9. The minimum atomic E-state index is -0.0980. The average molecular weight is 539 g/mol. The van der Waals surface area contributed by atoms with Gasteiger partial charge in [-0.3, -0.25) is 9.69 Å². The summed E-state index contributed by atoms with van der Waals surface area (Å²) in [4.78, 5) is 23.0. The van der Waals surface area contributed by atoms with Gasteiger partial charge in [0.15, 0.2) is 5.03 Å². The number of morpholine rings is 1. The number of carbonyl (C=O) groups is 1. The van der Waals surface area contributed by atoms with Crippen molar-refractivity contribution < 1.29 is 23.5 Å². The summed E-state index contributed by atoms with van der Waals surface area (Å²) < 4.78 is 17.6. The first-order valence-corrected chi connectivity index (χ1v) is 13.5. The van der Waals surface area contributed by atoms with Crippen LogP contribution in [0.5, 0.6) is 5.75 Å². The van der Waals surface area contributed by atoms with E-state index in [1.54, 1.807) is 11.8 Å². The van der Waals surface area contributed by atoms with E-state index in [-0.39, 0.29) is 11.3 Å². The van der Waals surface area contributed by atoms with Crippen LogP contribution in [-0.2, 0) is 25.8 Å². The molecule has 5 rings (SSSR count). The molecule has 0 bridgehead atoms. The second-order valence-corrected chi connectivity index (χ2v) is 10.8. The molecular weight excluding hydrogens is 504 g/mol. The first-order chi connectivity index (χ1) is 18.4. The van der Waals surface area contributed by atoms with Crippen LogP contribution in [0.3, 0.4) is 0 Å². The van der Waals surface area contributed by atoms with Crippen LogP contribution in [0, 0.1) is 0 Å². The average Bonchev–Trinajstić information content (AvgIpc) is 3.32. The molecule has 0 N–H and O–H groups in total. The molecule has 1 saturated heterocycles. The maximum absolute atomic E-state index is 13.9. The second kappa shape index (κ2) is 11.5. The third kappa shape index (κ3) is 5.45. The Bertz CT molecular complexity index is 1250. The number of aromatic nitrogens is 2. The zero-order valence-corrected chi connectivity index (χ0v) is 23.1. The van der Waals surface area contributed by atoms with E-state index in [1.165, 1.54) is 12.7 Å². The number of hydrogen-bond acceptors (Lipinski definition) is 8. The molecule has 0 aliphatic carbocycles. The normalized spacial score (nSPS) is 16.5. The van der Waals surface area contributed by atoms with E-state index in [0.717, 1.165) is 67.6 Å². The SMILES string of the molecule is COOSc1nn(-c2ccc(OC)cc2)c2c1CCN(c1ccc(C(C)(C)CN3CCOCC3)cc1)C2=O. The predicted molar refractivity (Wildman–Crippen MR) is 146 cm³/mol. The lowest BCUT2D eigenvalue weighted by Crippen LogP contribution is -2.43. The zero-order valence-electron chi connectivity index (χ0n) is 22.3. The number of methoxy groups -OCH3 is 1. The van der Waals surface area contributed by atoms with Crippen LogP contribution in [0.25, 0.3) is 5.69 Å². The Balaban J connectivity index is 1.41. The summed E-state index contributed by atoms with van der Waals surface area (Å²) >= 11 is 1.01. The molecule has 1 fully saturated rings. The van der Waals surface area contributed by atoms with Crippen LogP contribution in [0.15, 0.2) is 53.6 Å². The lowest BCUT2D eigenvalue weighted by Gasteiger charge is -2.35. The predicted octanol–water partition coefficient (Wildman–Crippen LogP) is 4.28. The van der Waals surface area contributed by atoms with E-state index in [0.29, 0.717) is 23.7 Å². The Kier molecular flexibility index (Phi) is 8.06. The Labute approximate surface area is 227 Å². The smallest absolute Gasteiger partial charge is 0.277 e. The van der Waals surface area contributed by atoms with Gasteiger partial charge in [-0.2, -0.15) is 9.43 Å². The van der Waals surface area contributed by atoms with Crippen molar-refractivity contribution in [2.75, 3.05) is 58.5 Å². The highest BCUT2D eigenvalue weighted by molar-refractivity contribution is 7.94. The van der Waals surface area contributed by atoms with Gasteiger partial charge in [0.1, 0.15) is 11.4 Å². The van der Waals surface area contributed by atoms with Crippen molar-refractivity contribution in [1.29, 1.82) is 0 Å². The highest BCUT2D eigenvalue weighted by atomic mass is 32.2. The van der Waals surface area contributed by atoms with Crippen molar-refractivity contribution in [3.63, 3.8) is 0 Å². The number of anilines is 1. The van der Waals surface area contributed by atoms with E-state index < -0.39 is 0 Å². The molecule has 2 aliphatic rings. The van der Waals surface area contributed by atoms with Gasteiger partial charge in [-0.05, 0) is 48.4 Å². The van der Waals surface area contributed by atoms with Gasteiger partial charge in [0.05, 0.1) is 45.2 Å². The van der Waals surface area contributed by atoms with Crippen LogP contribution in [-0.4, -0.2) is 74.2 Å². The number of benzene rings is 2. The Morgan fingerprint density at radius 2 is 1.66 bits per heavy atom. The first-order valence-electron chi connectivity index (χ1n) is 12.8. The molecule has 1 amide bonds. The summed E-state index contributed by atoms with van der Waals surface area (Å²) in [5, 5.41) is 5.32. The van der Waals surface area contributed by atoms with E-state index in [2.05, 4.69) is 43.0 Å². The van der Waals surface area contributed by atoms with Crippen LogP contribution >= 0.6 is 12.0 Å². The molecule has 38 heavy (non-hydrogen) atoms.